The average Bonchev–Trinajstić information content (AvgIpc) is 2.22. The molecule has 0 radical (unpaired) electrons. The van der Waals surface area contributed by atoms with Gasteiger partial charge in [-0.25, -0.2) is 4.79 Å². The smallest absolute Gasteiger partial charge is 0.320 e. The molecule has 1 aliphatic rings. The fourth-order valence-electron chi connectivity index (χ4n) is 2.18. The van der Waals surface area contributed by atoms with Crippen LogP contribution in [0.3, 0.4) is 0 Å². The summed E-state index contributed by atoms with van der Waals surface area (Å²) >= 11 is 0. The van der Waals surface area contributed by atoms with Crippen LogP contribution in [0.1, 0.15) is 34.1 Å². The fourth-order valence-corrected chi connectivity index (χ4v) is 2.18. The van der Waals surface area contributed by atoms with Crippen molar-refractivity contribution in [3.8, 4) is 0 Å². The van der Waals surface area contributed by atoms with Gasteiger partial charge in [0.2, 0.25) is 0 Å². The summed E-state index contributed by atoms with van der Waals surface area (Å²) in [6, 6.07) is 0.231. The van der Waals surface area contributed by atoms with Crippen molar-refractivity contribution < 1.29 is 14.7 Å². The van der Waals surface area contributed by atoms with E-state index in [4.69, 9.17) is 5.11 Å². The summed E-state index contributed by atoms with van der Waals surface area (Å²) in [6.45, 7) is 9.66. The van der Waals surface area contributed by atoms with Gasteiger partial charge < -0.3 is 14.9 Å². The maximum atomic E-state index is 12.2. The Balaban J connectivity index is 2.49. The number of nitrogens with zero attached hydrogens (tertiary/aromatic N) is 2. The first kappa shape index (κ1) is 14.8. The van der Waals surface area contributed by atoms with E-state index < -0.39 is 5.97 Å². The molecule has 0 aromatic heterocycles. The first-order valence-corrected chi connectivity index (χ1v) is 6.66. The maximum absolute atomic E-state index is 12.2. The number of carbonyl (C=O) groups is 2. The molecule has 0 bridgehead atoms. The van der Waals surface area contributed by atoms with Crippen molar-refractivity contribution in [1.29, 1.82) is 0 Å². The monoisotopic (exact) mass is 256 g/mol. The number of carboxylic acid groups (broad SMARTS) is 1. The standard InChI is InChI=1S/C13H24N2O3/c1-5-6-15(9(2)3)13(18)14-7-11(8-14)10(4)12(16)17/h9-11H,5-8H2,1-4H3,(H,16,17). The minimum Gasteiger partial charge on any atom is -0.481 e. The van der Waals surface area contributed by atoms with Gasteiger partial charge >= 0.3 is 12.0 Å². The van der Waals surface area contributed by atoms with E-state index in [1.54, 1.807) is 11.8 Å². The van der Waals surface area contributed by atoms with Crippen LogP contribution < -0.4 is 0 Å². The van der Waals surface area contributed by atoms with E-state index in [1.165, 1.54) is 0 Å². The largest absolute Gasteiger partial charge is 0.481 e. The van der Waals surface area contributed by atoms with Crippen LogP contribution >= 0.6 is 0 Å². The lowest BCUT2D eigenvalue weighted by Crippen LogP contribution is -2.58. The summed E-state index contributed by atoms with van der Waals surface area (Å²) in [4.78, 5) is 26.6. The van der Waals surface area contributed by atoms with E-state index in [-0.39, 0.29) is 23.9 Å². The van der Waals surface area contributed by atoms with Gasteiger partial charge in [0, 0.05) is 31.6 Å². The Kier molecular flexibility index (Phi) is 4.99. The highest BCUT2D eigenvalue weighted by Crippen LogP contribution is 2.25. The summed E-state index contributed by atoms with van der Waals surface area (Å²) in [6.07, 6.45) is 0.937. The molecular weight excluding hydrogens is 232 g/mol. The number of aliphatic carboxylic acids is 1. The number of hydrogen-bond donors (Lipinski definition) is 1. The van der Waals surface area contributed by atoms with Crippen LogP contribution in [-0.2, 0) is 4.79 Å². The van der Waals surface area contributed by atoms with Crippen LogP contribution in [-0.4, -0.2) is 52.6 Å². The van der Waals surface area contributed by atoms with Crippen molar-refractivity contribution in [1.82, 2.24) is 9.80 Å². The maximum Gasteiger partial charge on any atom is 0.320 e. The molecule has 104 valence electrons. The topological polar surface area (TPSA) is 60.9 Å². The second-order valence-electron chi connectivity index (χ2n) is 5.36. The zero-order chi connectivity index (χ0) is 13.9. The molecule has 0 spiro atoms. The van der Waals surface area contributed by atoms with Crippen molar-refractivity contribution in [2.45, 2.75) is 40.2 Å². The Bertz CT molecular complexity index is 311. The van der Waals surface area contributed by atoms with E-state index in [9.17, 15) is 9.59 Å². The Morgan fingerprint density at radius 3 is 2.28 bits per heavy atom. The molecule has 0 aromatic carbocycles. The van der Waals surface area contributed by atoms with Gasteiger partial charge in [-0.15, -0.1) is 0 Å². The quantitative estimate of drug-likeness (QED) is 0.817. The van der Waals surface area contributed by atoms with E-state index in [0.717, 1.165) is 13.0 Å². The highest BCUT2D eigenvalue weighted by molar-refractivity contribution is 5.76. The first-order chi connectivity index (χ1) is 8.38. The van der Waals surface area contributed by atoms with Crippen LogP contribution in [0.2, 0.25) is 0 Å². The lowest BCUT2D eigenvalue weighted by Gasteiger charge is -2.44. The Morgan fingerprint density at radius 1 is 1.33 bits per heavy atom. The molecule has 0 aliphatic carbocycles. The minimum absolute atomic E-state index is 0.0423. The number of carbonyl (C=O) groups excluding carboxylic acids is 1. The molecule has 1 saturated heterocycles. The third kappa shape index (κ3) is 3.15. The van der Waals surface area contributed by atoms with Crippen molar-refractivity contribution in [2.24, 2.45) is 11.8 Å². The summed E-state index contributed by atoms with van der Waals surface area (Å²) in [7, 11) is 0. The molecule has 1 unspecified atom stereocenters. The molecule has 5 nitrogen and oxygen atoms in total. The van der Waals surface area contributed by atoms with Crippen LogP contribution in [0.25, 0.3) is 0 Å². The SMILES string of the molecule is CCCN(C(=O)N1CC(C(C)C(=O)O)C1)C(C)C. The number of amides is 2. The van der Waals surface area contributed by atoms with Crippen LogP contribution in [0.4, 0.5) is 4.79 Å². The summed E-state index contributed by atoms with van der Waals surface area (Å²) in [5.74, 6) is -1.05. The average molecular weight is 256 g/mol. The second kappa shape index (κ2) is 6.07. The zero-order valence-corrected chi connectivity index (χ0v) is 11.7. The number of rotatable bonds is 5. The van der Waals surface area contributed by atoms with E-state index in [1.807, 2.05) is 25.7 Å². The van der Waals surface area contributed by atoms with Crippen molar-refractivity contribution in [3.63, 3.8) is 0 Å². The summed E-state index contributed by atoms with van der Waals surface area (Å²) < 4.78 is 0. The molecular formula is C13H24N2O3. The highest BCUT2D eigenvalue weighted by atomic mass is 16.4. The van der Waals surface area contributed by atoms with Gasteiger partial charge in [0.05, 0.1) is 5.92 Å². The lowest BCUT2D eigenvalue weighted by molar-refractivity contribution is -0.145. The lowest BCUT2D eigenvalue weighted by atomic mass is 9.87. The first-order valence-electron chi connectivity index (χ1n) is 6.66. The predicted molar refractivity (Wildman–Crippen MR) is 69.4 cm³/mol. The molecule has 0 saturated carbocycles. The minimum atomic E-state index is -0.777. The van der Waals surface area contributed by atoms with E-state index in [2.05, 4.69) is 0 Å². The molecule has 5 heteroatoms. The molecule has 1 fully saturated rings. The van der Waals surface area contributed by atoms with Gasteiger partial charge in [0.25, 0.3) is 0 Å². The highest BCUT2D eigenvalue weighted by Gasteiger charge is 2.38. The molecule has 2 amide bonds. The predicted octanol–water partition coefficient (Wildman–Crippen LogP) is 1.88. The number of hydrogen-bond acceptors (Lipinski definition) is 2. The zero-order valence-electron chi connectivity index (χ0n) is 11.7. The fraction of sp³-hybridized carbons (Fsp3) is 0.846. The summed E-state index contributed by atoms with van der Waals surface area (Å²) in [5.41, 5.74) is 0. The molecule has 1 atom stereocenters. The molecule has 1 aliphatic heterocycles. The Morgan fingerprint density at radius 2 is 1.89 bits per heavy atom. The number of urea groups is 1. The van der Waals surface area contributed by atoms with Crippen molar-refractivity contribution >= 4 is 12.0 Å². The normalized spacial score (nSPS) is 17.5. The van der Waals surface area contributed by atoms with Gasteiger partial charge in [-0.3, -0.25) is 4.79 Å². The van der Waals surface area contributed by atoms with Gasteiger partial charge in [0.15, 0.2) is 0 Å². The number of carboxylic acids is 1. The third-order valence-electron chi connectivity index (χ3n) is 3.61. The van der Waals surface area contributed by atoms with E-state index >= 15 is 0 Å². The molecule has 1 rings (SSSR count). The molecule has 0 aromatic rings. The van der Waals surface area contributed by atoms with Crippen LogP contribution in [0.5, 0.6) is 0 Å². The second-order valence-corrected chi connectivity index (χ2v) is 5.36. The van der Waals surface area contributed by atoms with Crippen molar-refractivity contribution in [3.05, 3.63) is 0 Å². The third-order valence-corrected chi connectivity index (χ3v) is 3.61. The van der Waals surface area contributed by atoms with Gasteiger partial charge in [0.1, 0.15) is 0 Å². The van der Waals surface area contributed by atoms with Gasteiger partial charge in [-0.1, -0.05) is 13.8 Å². The van der Waals surface area contributed by atoms with Crippen LogP contribution in [0, 0.1) is 11.8 Å². The summed E-state index contributed by atoms with van der Waals surface area (Å²) in [5, 5.41) is 8.91. The Labute approximate surface area is 109 Å². The molecule has 1 N–H and O–H groups in total. The van der Waals surface area contributed by atoms with E-state index in [0.29, 0.717) is 13.1 Å². The number of likely N-dealkylation sites (tertiary alicyclic amines) is 1. The van der Waals surface area contributed by atoms with Crippen LogP contribution in [0.15, 0.2) is 0 Å². The molecule has 18 heavy (non-hydrogen) atoms. The van der Waals surface area contributed by atoms with Gasteiger partial charge in [-0.2, -0.15) is 0 Å². The van der Waals surface area contributed by atoms with Crippen molar-refractivity contribution in [2.75, 3.05) is 19.6 Å². The molecule has 1 heterocycles. The van der Waals surface area contributed by atoms with Gasteiger partial charge in [-0.05, 0) is 20.3 Å². The Hall–Kier alpha value is -1.26.